The van der Waals surface area contributed by atoms with Crippen molar-refractivity contribution in [3.63, 3.8) is 0 Å². The molecular formula is C28H29N3O4S+2. The molecule has 0 radical (unpaired) electrons. The summed E-state index contributed by atoms with van der Waals surface area (Å²) in [5.74, 6) is -1.43. The van der Waals surface area contributed by atoms with E-state index in [1.54, 1.807) is 11.3 Å². The molecule has 1 aromatic heterocycles. The van der Waals surface area contributed by atoms with Crippen molar-refractivity contribution in [1.82, 2.24) is 5.06 Å². The highest BCUT2D eigenvalue weighted by Gasteiger charge is 2.32. The van der Waals surface area contributed by atoms with Crippen molar-refractivity contribution in [1.29, 1.82) is 0 Å². The molecule has 1 fully saturated rings. The van der Waals surface area contributed by atoms with Gasteiger partial charge < -0.3 is 4.84 Å². The number of hydrogen-bond acceptors (Lipinski definition) is 5. The van der Waals surface area contributed by atoms with Crippen LogP contribution in [0.25, 0.3) is 21.9 Å². The number of hydrogen-bond donors (Lipinski definition) is 1. The predicted molar refractivity (Wildman–Crippen MR) is 138 cm³/mol. The highest BCUT2D eigenvalue weighted by molar-refractivity contribution is 7.18. The van der Waals surface area contributed by atoms with Gasteiger partial charge in [0.2, 0.25) is 5.52 Å². The maximum Gasteiger partial charge on any atom is 0.333 e. The van der Waals surface area contributed by atoms with Gasteiger partial charge in [-0.05, 0) is 25.0 Å². The van der Waals surface area contributed by atoms with E-state index in [-0.39, 0.29) is 19.3 Å². The summed E-state index contributed by atoms with van der Waals surface area (Å²) >= 11 is 1.78. The SMILES string of the molecule is C[NH+]1C=CC(=Cc2sc3ccccc3[n+]2CCCCCC(=O)ON2C(=O)CCC2=O)c2ccccc21. The summed E-state index contributed by atoms with van der Waals surface area (Å²) < 4.78 is 3.60. The zero-order valence-electron chi connectivity index (χ0n) is 20.2. The number of aryl methyl sites for hydroxylation is 1. The van der Waals surface area contributed by atoms with Crippen LogP contribution in [0.4, 0.5) is 5.69 Å². The Bertz CT molecular complexity index is 1370. The normalized spacial score (nSPS) is 18.3. The van der Waals surface area contributed by atoms with Crippen molar-refractivity contribution in [3.05, 3.63) is 71.4 Å². The van der Waals surface area contributed by atoms with Gasteiger partial charge in [-0.3, -0.25) is 14.5 Å². The van der Waals surface area contributed by atoms with E-state index in [2.05, 4.69) is 78.5 Å². The number of benzene rings is 2. The summed E-state index contributed by atoms with van der Waals surface area (Å²) in [7, 11) is 2.14. The smallest absolute Gasteiger partial charge is 0.330 e. The Morgan fingerprint density at radius 1 is 1.06 bits per heavy atom. The van der Waals surface area contributed by atoms with E-state index in [4.69, 9.17) is 4.84 Å². The Balaban J connectivity index is 1.26. The fraction of sp³-hybridized carbons (Fsp3) is 0.286. The summed E-state index contributed by atoms with van der Waals surface area (Å²) in [5, 5.41) is 1.81. The molecule has 2 aromatic carbocycles. The number of thiazole rings is 1. The second-order valence-electron chi connectivity index (χ2n) is 9.08. The van der Waals surface area contributed by atoms with Crippen LogP contribution in [0.2, 0.25) is 0 Å². The number of fused-ring (bicyclic) bond motifs is 2. The molecule has 2 amide bonds. The van der Waals surface area contributed by atoms with Gasteiger partial charge in [0.15, 0.2) is 6.54 Å². The first-order valence-corrected chi connectivity index (χ1v) is 13.1. The number of para-hydroxylation sites is 2. The quantitative estimate of drug-likeness (QED) is 0.290. The first-order valence-electron chi connectivity index (χ1n) is 12.3. The number of allylic oxidation sites excluding steroid dienone is 2. The molecule has 0 bridgehead atoms. The topological polar surface area (TPSA) is 72.0 Å². The monoisotopic (exact) mass is 503 g/mol. The van der Waals surface area contributed by atoms with Crippen LogP contribution in [0.5, 0.6) is 0 Å². The van der Waals surface area contributed by atoms with Crippen LogP contribution in [0, 0.1) is 0 Å². The van der Waals surface area contributed by atoms with Crippen molar-refractivity contribution < 1.29 is 28.7 Å². The van der Waals surface area contributed by atoms with E-state index < -0.39 is 17.8 Å². The lowest BCUT2D eigenvalue weighted by molar-refractivity contribution is -0.751. The number of amides is 2. The first-order chi connectivity index (χ1) is 17.5. The molecule has 2 aliphatic heterocycles. The van der Waals surface area contributed by atoms with Gasteiger partial charge in [-0.25, -0.2) is 4.79 Å². The number of carbonyl (C=O) groups excluding carboxylic acids is 3. The lowest BCUT2D eigenvalue weighted by atomic mass is 10.00. The summed E-state index contributed by atoms with van der Waals surface area (Å²) in [4.78, 5) is 41.5. The lowest BCUT2D eigenvalue weighted by Crippen LogP contribution is -2.99. The van der Waals surface area contributed by atoms with Gasteiger partial charge in [0.25, 0.3) is 16.8 Å². The Kier molecular flexibility index (Phi) is 7.06. The Morgan fingerprint density at radius 3 is 2.64 bits per heavy atom. The molecule has 0 saturated carbocycles. The van der Waals surface area contributed by atoms with Crippen LogP contribution in [0.3, 0.4) is 0 Å². The molecule has 5 rings (SSSR count). The van der Waals surface area contributed by atoms with Crippen LogP contribution >= 0.6 is 11.3 Å². The van der Waals surface area contributed by atoms with Gasteiger partial charge in [-0.1, -0.05) is 35.6 Å². The van der Waals surface area contributed by atoms with Crippen molar-refractivity contribution in [2.45, 2.75) is 45.1 Å². The Labute approximate surface area is 213 Å². The van der Waals surface area contributed by atoms with E-state index in [1.807, 2.05) is 0 Å². The average molecular weight is 504 g/mol. The van der Waals surface area contributed by atoms with Gasteiger partial charge >= 0.3 is 5.97 Å². The summed E-state index contributed by atoms with van der Waals surface area (Å²) in [6.45, 7) is 0.831. The number of unbranched alkanes of at least 4 members (excludes halogenated alkanes) is 2. The first kappa shape index (κ1) is 24.1. The minimum atomic E-state index is -0.535. The number of imide groups is 1. The summed E-state index contributed by atoms with van der Waals surface area (Å²) in [6.07, 6.45) is 9.40. The fourth-order valence-electron chi connectivity index (χ4n) is 4.64. The fourth-order valence-corrected chi connectivity index (χ4v) is 5.78. The molecule has 2 aliphatic rings. The third kappa shape index (κ3) is 5.01. The molecule has 1 saturated heterocycles. The number of carbonyl (C=O) groups is 3. The van der Waals surface area contributed by atoms with Crippen molar-refractivity contribution in [2.24, 2.45) is 0 Å². The third-order valence-electron chi connectivity index (χ3n) is 6.55. The molecule has 8 heteroatoms. The number of quaternary nitrogens is 1. The minimum absolute atomic E-state index is 0.107. The standard InChI is InChI=1S/C28H28N3O4S/c1-29-18-16-20(21-9-4-5-10-22(21)29)19-27-30(23-11-6-7-12-24(23)36-27)17-8-2-3-13-28(34)35-31-25(32)14-15-26(31)33/h4-7,9-12,16,18-19H,2-3,8,13-15,17H2,1H3/q+1/p+1. The predicted octanol–water partition coefficient (Wildman–Crippen LogP) is 3.57. The van der Waals surface area contributed by atoms with Crippen LogP contribution in [-0.2, 0) is 25.8 Å². The van der Waals surface area contributed by atoms with Crippen LogP contribution in [-0.4, -0.2) is 29.9 Å². The molecule has 1 atom stereocenters. The van der Waals surface area contributed by atoms with E-state index in [0.717, 1.165) is 19.4 Å². The van der Waals surface area contributed by atoms with Crippen LogP contribution < -0.4 is 9.47 Å². The summed E-state index contributed by atoms with van der Waals surface area (Å²) in [5.41, 5.74) is 4.92. The molecule has 1 unspecified atom stereocenters. The summed E-state index contributed by atoms with van der Waals surface area (Å²) in [6, 6.07) is 16.9. The van der Waals surface area contributed by atoms with E-state index in [1.165, 1.54) is 36.9 Å². The highest BCUT2D eigenvalue weighted by Crippen LogP contribution is 2.29. The van der Waals surface area contributed by atoms with E-state index in [9.17, 15) is 14.4 Å². The zero-order chi connectivity index (χ0) is 25.1. The lowest BCUT2D eigenvalue weighted by Gasteiger charge is -2.17. The molecule has 1 N–H and O–H groups in total. The molecule has 0 spiro atoms. The van der Waals surface area contributed by atoms with Crippen molar-refractivity contribution in [2.75, 3.05) is 7.05 Å². The maximum atomic E-state index is 12.1. The number of hydroxylamine groups is 2. The number of aromatic nitrogens is 1. The molecule has 36 heavy (non-hydrogen) atoms. The van der Waals surface area contributed by atoms with Gasteiger partial charge in [0.1, 0.15) is 10.4 Å². The van der Waals surface area contributed by atoms with E-state index >= 15 is 0 Å². The molecule has 0 aliphatic carbocycles. The van der Waals surface area contributed by atoms with Crippen molar-refractivity contribution in [3.8, 4) is 0 Å². The second kappa shape index (κ2) is 10.6. The average Bonchev–Trinajstić information content (AvgIpc) is 3.39. The number of nitrogens with zero attached hydrogens (tertiary/aromatic N) is 2. The molecule has 3 aromatic rings. The van der Waals surface area contributed by atoms with Gasteiger partial charge in [-0.2, -0.15) is 4.57 Å². The Morgan fingerprint density at radius 2 is 1.81 bits per heavy atom. The molecule has 7 nitrogen and oxygen atoms in total. The number of nitrogens with one attached hydrogen (secondary N) is 1. The Hall–Kier alpha value is -3.62. The van der Waals surface area contributed by atoms with E-state index in [0.29, 0.717) is 11.5 Å². The second-order valence-corrected chi connectivity index (χ2v) is 10.1. The molecule has 3 heterocycles. The molecule has 184 valence electrons. The van der Waals surface area contributed by atoms with Gasteiger partial charge in [0.05, 0.1) is 13.2 Å². The van der Waals surface area contributed by atoms with Crippen LogP contribution in [0.1, 0.15) is 49.1 Å². The van der Waals surface area contributed by atoms with Crippen LogP contribution in [0.15, 0.2) is 60.8 Å². The zero-order valence-corrected chi connectivity index (χ0v) is 21.1. The van der Waals surface area contributed by atoms with Gasteiger partial charge in [-0.15, -0.1) is 5.06 Å². The maximum absolute atomic E-state index is 12.1. The highest BCUT2D eigenvalue weighted by atomic mass is 32.1. The van der Waals surface area contributed by atoms with Gasteiger partial charge in [0, 0.05) is 61.1 Å². The largest absolute Gasteiger partial charge is 0.333 e. The molecular weight excluding hydrogens is 474 g/mol. The minimum Gasteiger partial charge on any atom is -0.330 e. The van der Waals surface area contributed by atoms with Crippen molar-refractivity contribution >= 4 is 56.7 Å². The number of rotatable bonds is 8. The third-order valence-corrected chi connectivity index (χ3v) is 7.67.